The second-order valence-electron chi connectivity index (χ2n) is 2.41. The van der Waals surface area contributed by atoms with Crippen molar-refractivity contribution >= 4 is 39.7 Å². The Kier molecular flexibility index (Phi) is 4.77. The molecule has 10 heteroatoms. The molecular formula is C6H2F4NaO4S. The molecule has 0 bridgehead atoms. The van der Waals surface area contributed by atoms with Crippen molar-refractivity contribution in [1.29, 1.82) is 0 Å². The minimum Gasteiger partial charge on any atom is -0.503 e. The van der Waals surface area contributed by atoms with E-state index in [4.69, 9.17) is 9.66 Å². The van der Waals surface area contributed by atoms with Gasteiger partial charge in [-0.2, -0.15) is 17.2 Å². The Balaban J connectivity index is 0.00000225. The zero-order valence-corrected chi connectivity index (χ0v) is 10.4. The van der Waals surface area contributed by atoms with Crippen LogP contribution in [0.25, 0.3) is 0 Å². The number of benzene rings is 1. The van der Waals surface area contributed by atoms with Crippen molar-refractivity contribution in [3.8, 4) is 5.75 Å². The maximum absolute atomic E-state index is 12.7. The Bertz CT molecular complexity index is 501. The zero-order chi connectivity index (χ0) is 12.0. The van der Waals surface area contributed by atoms with Crippen LogP contribution in [-0.2, 0) is 10.1 Å². The van der Waals surface area contributed by atoms with Crippen molar-refractivity contribution in [1.82, 2.24) is 0 Å². The molecule has 0 heterocycles. The van der Waals surface area contributed by atoms with Crippen molar-refractivity contribution < 1.29 is 35.6 Å². The molecule has 0 spiro atoms. The molecule has 0 unspecified atom stereocenters. The van der Waals surface area contributed by atoms with Crippen LogP contribution in [0.5, 0.6) is 5.75 Å². The van der Waals surface area contributed by atoms with Crippen molar-refractivity contribution in [2.24, 2.45) is 0 Å². The monoisotopic (exact) mass is 269 g/mol. The van der Waals surface area contributed by atoms with Crippen LogP contribution in [0, 0.1) is 23.3 Å². The van der Waals surface area contributed by atoms with Gasteiger partial charge in [0.05, 0.1) is 0 Å². The van der Waals surface area contributed by atoms with Gasteiger partial charge in [0.2, 0.25) is 11.6 Å². The van der Waals surface area contributed by atoms with Crippen LogP contribution in [-0.4, -0.2) is 47.6 Å². The molecule has 2 N–H and O–H groups in total. The van der Waals surface area contributed by atoms with Gasteiger partial charge in [0.15, 0.2) is 22.3 Å². The largest absolute Gasteiger partial charge is 0.503 e. The van der Waals surface area contributed by atoms with Crippen molar-refractivity contribution in [3.63, 3.8) is 0 Å². The van der Waals surface area contributed by atoms with Gasteiger partial charge in [-0.15, -0.1) is 0 Å². The predicted octanol–water partition coefficient (Wildman–Crippen LogP) is 0.815. The summed E-state index contributed by atoms with van der Waals surface area (Å²) in [7, 11) is -5.47. The molecule has 0 aromatic heterocycles. The molecule has 4 nitrogen and oxygen atoms in total. The minimum atomic E-state index is -5.47. The molecule has 0 fully saturated rings. The normalized spacial score (nSPS) is 11.1. The quantitative estimate of drug-likeness (QED) is 0.342. The summed E-state index contributed by atoms with van der Waals surface area (Å²) in [5, 5.41) is 8.45. The van der Waals surface area contributed by atoms with E-state index in [0.29, 0.717) is 0 Å². The number of hydrogen-bond acceptors (Lipinski definition) is 3. The van der Waals surface area contributed by atoms with Crippen molar-refractivity contribution in [2.75, 3.05) is 0 Å². The predicted molar refractivity (Wildman–Crippen MR) is 43.5 cm³/mol. The first-order valence-electron chi connectivity index (χ1n) is 3.20. The van der Waals surface area contributed by atoms with Crippen LogP contribution < -0.4 is 0 Å². The smallest absolute Gasteiger partial charge is 0.300 e. The van der Waals surface area contributed by atoms with Crippen molar-refractivity contribution in [3.05, 3.63) is 23.3 Å². The summed E-state index contributed by atoms with van der Waals surface area (Å²) in [4.78, 5) is -2.18. The second kappa shape index (κ2) is 4.88. The molecule has 1 aromatic rings. The Morgan fingerprint density at radius 1 is 0.875 bits per heavy atom. The van der Waals surface area contributed by atoms with Gasteiger partial charge in [-0.3, -0.25) is 4.55 Å². The van der Waals surface area contributed by atoms with E-state index in [9.17, 15) is 26.0 Å². The van der Waals surface area contributed by atoms with E-state index in [2.05, 4.69) is 0 Å². The van der Waals surface area contributed by atoms with Crippen LogP contribution in [0.15, 0.2) is 4.90 Å². The standard InChI is InChI=1S/C6H2F4O4S.Na/c7-1-3(9)6(15(12,13)14)4(10)2(8)5(1)11;/h11H,(H,12,13,14);. The van der Waals surface area contributed by atoms with Crippen LogP contribution >= 0.6 is 0 Å². The number of phenolic OH excluding ortho intramolecular Hbond substituents is 1. The van der Waals surface area contributed by atoms with E-state index in [1.54, 1.807) is 0 Å². The molecule has 1 radical (unpaired) electrons. The van der Waals surface area contributed by atoms with E-state index < -0.39 is 44.0 Å². The van der Waals surface area contributed by atoms with E-state index in [-0.39, 0.29) is 29.6 Å². The number of aromatic hydroxyl groups is 1. The van der Waals surface area contributed by atoms with Crippen LogP contribution in [0.1, 0.15) is 0 Å². The zero-order valence-electron chi connectivity index (χ0n) is 7.63. The van der Waals surface area contributed by atoms with E-state index >= 15 is 0 Å². The minimum absolute atomic E-state index is 0. The molecule has 0 atom stereocenters. The summed E-state index contributed by atoms with van der Waals surface area (Å²) in [6, 6.07) is 0. The van der Waals surface area contributed by atoms with E-state index in [1.165, 1.54) is 0 Å². The number of rotatable bonds is 1. The fourth-order valence-electron chi connectivity index (χ4n) is 0.826. The fraction of sp³-hybridized carbons (Fsp3) is 0. The van der Waals surface area contributed by atoms with E-state index in [0.717, 1.165) is 0 Å². The van der Waals surface area contributed by atoms with Crippen LogP contribution in [0.2, 0.25) is 0 Å². The fourth-order valence-corrected chi connectivity index (χ4v) is 1.46. The van der Waals surface area contributed by atoms with Gasteiger partial charge >= 0.3 is 10.1 Å². The van der Waals surface area contributed by atoms with E-state index in [1.807, 2.05) is 0 Å². The maximum Gasteiger partial charge on any atom is 0.300 e. The van der Waals surface area contributed by atoms with Crippen molar-refractivity contribution in [2.45, 2.75) is 4.90 Å². The summed E-state index contributed by atoms with van der Waals surface area (Å²) >= 11 is 0. The average molecular weight is 269 g/mol. The summed E-state index contributed by atoms with van der Waals surface area (Å²) < 4.78 is 79.5. The SMILES string of the molecule is O=S(=O)(O)c1c(F)c(F)c(O)c(F)c1F.[Na]. The molecule has 0 saturated heterocycles. The molecular weight excluding hydrogens is 267 g/mol. The maximum atomic E-state index is 12.7. The number of phenols is 1. The van der Waals surface area contributed by atoms with Gasteiger partial charge in [0, 0.05) is 29.6 Å². The average Bonchev–Trinajstić information content (AvgIpc) is 2.09. The van der Waals surface area contributed by atoms with Gasteiger partial charge < -0.3 is 5.11 Å². The number of hydrogen-bond donors (Lipinski definition) is 2. The summed E-state index contributed by atoms with van der Waals surface area (Å²) in [6.07, 6.45) is 0. The van der Waals surface area contributed by atoms with Gasteiger partial charge in [0.1, 0.15) is 0 Å². The first-order chi connectivity index (χ1) is 6.68. The van der Waals surface area contributed by atoms with Crippen LogP contribution in [0.3, 0.4) is 0 Å². The molecule has 16 heavy (non-hydrogen) atoms. The molecule has 0 saturated carbocycles. The van der Waals surface area contributed by atoms with Gasteiger partial charge in [-0.1, -0.05) is 0 Å². The summed E-state index contributed by atoms with van der Waals surface area (Å²) in [5.41, 5.74) is 0. The van der Waals surface area contributed by atoms with Gasteiger partial charge in [-0.25, -0.2) is 8.78 Å². The third-order valence-corrected chi connectivity index (χ3v) is 2.33. The molecule has 0 aliphatic carbocycles. The molecule has 1 rings (SSSR count). The first kappa shape index (κ1) is 15.7. The molecule has 0 aliphatic rings. The number of halogens is 4. The topological polar surface area (TPSA) is 74.6 Å². The van der Waals surface area contributed by atoms with Crippen LogP contribution in [0.4, 0.5) is 17.6 Å². The third-order valence-electron chi connectivity index (χ3n) is 1.46. The Hall–Kier alpha value is -0.350. The second-order valence-corrected chi connectivity index (χ2v) is 3.77. The van der Waals surface area contributed by atoms with Gasteiger partial charge in [-0.05, 0) is 0 Å². The Labute approximate surface area is 109 Å². The molecule has 1 aromatic carbocycles. The molecule has 85 valence electrons. The summed E-state index contributed by atoms with van der Waals surface area (Å²) in [5.74, 6) is -11.4. The Morgan fingerprint density at radius 2 is 1.19 bits per heavy atom. The molecule has 0 amide bonds. The third kappa shape index (κ3) is 2.48. The first-order valence-corrected chi connectivity index (χ1v) is 4.64. The summed E-state index contributed by atoms with van der Waals surface area (Å²) in [6.45, 7) is 0. The molecule has 0 aliphatic heterocycles. The Morgan fingerprint density at radius 3 is 1.44 bits per heavy atom. The van der Waals surface area contributed by atoms with Gasteiger partial charge in [0.25, 0.3) is 0 Å².